The summed E-state index contributed by atoms with van der Waals surface area (Å²) < 4.78 is 27.2. The Morgan fingerprint density at radius 1 is 1.50 bits per heavy atom. The van der Waals surface area contributed by atoms with Gasteiger partial charge in [0.05, 0.1) is 10.1 Å². The summed E-state index contributed by atoms with van der Waals surface area (Å²) in [4.78, 5) is 0. The Morgan fingerprint density at radius 3 is 1.50 bits per heavy atom. The second-order valence-corrected chi connectivity index (χ2v) is 2.11. The molecule has 0 N–H and O–H groups in total. The van der Waals surface area contributed by atoms with Crippen LogP contribution in [0, 0.1) is 49.9 Å². The maximum Gasteiger partial charge on any atom is 1.00 e. The van der Waals surface area contributed by atoms with Crippen LogP contribution in [0.5, 0.6) is 0 Å². The van der Waals surface area contributed by atoms with Crippen molar-refractivity contribution < 1.29 is 62.8 Å². The average molecular weight is 318 g/mol. The molecule has 0 aromatic heterocycles. The van der Waals surface area contributed by atoms with Gasteiger partial charge < -0.3 is 4.55 Å². The minimum absolute atomic E-state index is 0. The molecular weight excluding hydrogens is 315 g/mol. The van der Waals surface area contributed by atoms with Gasteiger partial charge in [-0.15, -0.1) is 0 Å². The molecular formula is CH3FrO3S. The summed E-state index contributed by atoms with van der Waals surface area (Å²) in [6.07, 6.45) is 0.604. The van der Waals surface area contributed by atoms with Crippen molar-refractivity contribution in [3.8, 4) is 0 Å². The fourth-order valence-electron chi connectivity index (χ4n) is 0. The zero-order valence-corrected chi connectivity index (χ0v) is 12.7. The molecule has 0 unspecified atom stereocenters. The molecule has 0 atom stereocenters. The van der Waals surface area contributed by atoms with Crippen LogP contribution in [0.15, 0.2) is 0 Å². The van der Waals surface area contributed by atoms with Gasteiger partial charge >= 0.3 is 49.9 Å². The van der Waals surface area contributed by atoms with E-state index < -0.39 is 10.1 Å². The molecule has 32 valence electrons. The van der Waals surface area contributed by atoms with E-state index in [-0.39, 0.29) is 49.9 Å². The average Bonchev–Trinajstić information content (AvgIpc) is 0.722. The molecule has 6 heavy (non-hydrogen) atoms. The van der Waals surface area contributed by atoms with E-state index >= 15 is 0 Å². The Morgan fingerprint density at radius 2 is 1.50 bits per heavy atom. The van der Waals surface area contributed by atoms with E-state index in [4.69, 9.17) is 13.0 Å². The quantitative estimate of drug-likeness (QED) is 0.548. The van der Waals surface area contributed by atoms with Crippen LogP contribution in [0.3, 0.4) is 0 Å². The van der Waals surface area contributed by atoms with Gasteiger partial charge in [-0.1, -0.05) is 0 Å². The van der Waals surface area contributed by atoms with Crippen LogP contribution in [-0.2, 0) is 10.1 Å². The van der Waals surface area contributed by atoms with Gasteiger partial charge in [0.25, 0.3) is 0 Å². The second-order valence-electron chi connectivity index (χ2n) is 0.704. The standard InChI is InChI=1S/CH4O3S.Fr/c1-5(2,3)4;/h1H3,(H,2,3,4);/q;+1/p-1. The third-order valence-electron chi connectivity index (χ3n) is 0. The summed E-state index contributed by atoms with van der Waals surface area (Å²) in [7, 11) is -3.92. The van der Waals surface area contributed by atoms with E-state index in [1.54, 1.807) is 0 Å². The van der Waals surface area contributed by atoms with Crippen molar-refractivity contribution in [3.63, 3.8) is 0 Å². The Balaban J connectivity index is 0. The molecule has 0 aliphatic rings. The van der Waals surface area contributed by atoms with Crippen LogP contribution in [-0.4, -0.2) is 19.2 Å². The van der Waals surface area contributed by atoms with Gasteiger partial charge in [-0.05, 0) is 0 Å². The van der Waals surface area contributed by atoms with Crippen molar-refractivity contribution in [2.45, 2.75) is 0 Å². The second kappa shape index (κ2) is 3.50. The molecule has 0 aromatic carbocycles. The van der Waals surface area contributed by atoms with Gasteiger partial charge in [-0.25, -0.2) is 8.42 Å². The molecule has 0 amide bonds. The monoisotopic (exact) mass is 318 g/mol. The first-order valence-electron chi connectivity index (χ1n) is 0.908. The predicted octanol–water partition coefficient (Wildman–Crippen LogP) is -0.839. The Labute approximate surface area is 77.9 Å². The Kier molecular flexibility index (Phi) is 6.12. The molecule has 5 heteroatoms. The van der Waals surface area contributed by atoms with E-state index in [1.165, 1.54) is 0 Å². The molecule has 0 aliphatic heterocycles. The fourth-order valence-corrected chi connectivity index (χ4v) is 0. The SMILES string of the molecule is CS(=O)(=O)[O-].[Fr+]. The van der Waals surface area contributed by atoms with Gasteiger partial charge in [0.15, 0.2) is 0 Å². The summed E-state index contributed by atoms with van der Waals surface area (Å²) in [6.45, 7) is 0. The molecule has 0 radical (unpaired) electrons. The molecule has 0 heterocycles. The summed E-state index contributed by atoms with van der Waals surface area (Å²) >= 11 is 0. The zero-order chi connectivity index (χ0) is 4.50. The molecule has 0 saturated heterocycles. The number of hydrogen-bond donors (Lipinski definition) is 0. The molecule has 0 rings (SSSR count). The van der Waals surface area contributed by atoms with Gasteiger partial charge in [-0.2, -0.15) is 0 Å². The van der Waals surface area contributed by atoms with E-state index in [1.807, 2.05) is 0 Å². The van der Waals surface area contributed by atoms with Crippen LogP contribution < -0.4 is 0 Å². The van der Waals surface area contributed by atoms with E-state index in [9.17, 15) is 0 Å². The fraction of sp³-hybridized carbons (Fsp3) is 1.00. The molecule has 0 aromatic rings. The van der Waals surface area contributed by atoms with Gasteiger partial charge in [0.2, 0.25) is 0 Å². The summed E-state index contributed by atoms with van der Waals surface area (Å²) in [5.74, 6) is 0. The molecule has 3 nitrogen and oxygen atoms in total. The molecule has 0 bridgehead atoms. The van der Waals surface area contributed by atoms with Crippen LogP contribution in [0.4, 0.5) is 0 Å². The maximum absolute atomic E-state index is 9.08. The summed E-state index contributed by atoms with van der Waals surface area (Å²) in [5.41, 5.74) is 0. The molecule has 0 aliphatic carbocycles. The minimum atomic E-state index is -3.92. The first-order valence-corrected chi connectivity index (χ1v) is 2.72. The van der Waals surface area contributed by atoms with E-state index in [0.29, 0.717) is 6.26 Å². The van der Waals surface area contributed by atoms with Crippen molar-refractivity contribution in [1.82, 2.24) is 0 Å². The van der Waals surface area contributed by atoms with Crippen LogP contribution in [0.25, 0.3) is 0 Å². The van der Waals surface area contributed by atoms with Crippen molar-refractivity contribution in [1.29, 1.82) is 0 Å². The topological polar surface area (TPSA) is 57.2 Å². The van der Waals surface area contributed by atoms with Crippen LogP contribution in [0.2, 0.25) is 0 Å². The Bertz CT molecular complexity index is 94.0. The number of hydrogen-bond acceptors (Lipinski definition) is 3. The first kappa shape index (κ1) is 10.5. The maximum atomic E-state index is 9.08. The summed E-state index contributed by atoms with van der Waals surface area (Å²) in [5, 5.41) is 0. The van der Waals surface area contributed by atoms with Gasteiger partial charge in [-0.3, -0.25) is 0 Å². The van der Waals surface area contributed by atoms with Gasteiger partial charge in [0.1, 0.15) is 0 Å². The minimum Gasteiger partial charge on any atom is -0.748 e. The third-order valence-corrected chi connectivity index (χ3v) is 0. The summed E-state index contributed by atoms with van der Waals surface area (Å²) in [6, 6.07) is 0. The van der Waals surface area contributed by atoms with E-state index in [0.717, 1.165) is 0 Å². The van der Waals surface area contributed by atoms with E-state index in [2.05, 4.69) is 0 Å². The van der Waals surface area contributed by atoms with Crippen LogP contribution in [0.1, 0.15) is 0 Å². The van der Waals surface area contributed by atoms with Gasteiger partial charge in [0, 0.05) is 6.26 Å². The smallest absolute Gasteiger partial charge is 0.748 e. The molecule has 0 fully saturated rings. The first-order chi connectivity index (χ1) is 2.00. The van der Waals surface area contributed by atoms with Crippen molar-refractivity contribution in [2.24, 2.45) is 0 Å². The third kappa shape index (κ3) is 49.2. The zero-order valence-electron chi connectivity index (χ0n) is 3.63. The molecule has 0 saturated carbocycles. The Hall–Kier alpha value is 1.51. The number of rotatable bonds is 0. The predicted molar refractivity (Wildman–Crippen MR) is 15.6 cm³/mol. The van der Waals surface area contributed by atoms with Crippen molar-refractivity contribution >= 4 is 10.1 Å². The van der Waals surface area contributed by atoms with Crippen molar-refractivity contribution in [3.05, 3.63) is 0 Å². The normalized spacial score (nSPS) is 9.67. The van der Waals surface area contributed by atoms with Crippen molar-refractivity contribution in [2.75, 3.05) is 6.26 Å². The molecule has 0 spiro atoms. The van der Waals surface area contributed by atoms with Crippen LogP contribution >= 0.6 is 0 Å². The largest absolute Gasteiger partial charge is 1.00 e.